The first-order valence-electron chi connectivity index (χ1n) is 8.57. The van der Waals surface area contributed by atoms with Crippen molar-refractivity contribution < 1.29 is 0 Å². The fraction of sp³-hybridized carbons (Fsp3) is 0.579. The highest BCUT2D eigenvalue weighted by atomic mass is 15.2. The molecule has 2 atom stereocenters. The van der Waals surface area contributed by atoms with E-state index in [9.17, 15) is 0 Å². The minimum atomic E-state index is 0.219. The highest BCUT2D eigenvalue weighted by Gasteiger charge is 2.42. The van der Waals surface area contributed by atoms with Gasteiger partial charge in [-0.3, -0.25) is 4.90 Å². The van der Waals surface area contributed by atoms with Crippen molar-refractivity contribution in [3.8, 4) is 0 Å². The number of nitrogens with zero attached hydrogens (tertiary/aromatic N) is 1. The first-order chi connectivity index (χ1) is 10.2. The number of para-hydroxylation sites is 1. The van der Waals surface area contributed by atoms with Crippen LogP contribution in [0.15, 0.2) is 24.3 Å². The van der Waals surface area contributed by atoms with Crippen LogP contribution in [0.3, 0.4) is 0 Å². The van der Waals surface area contributed by atoms with Gasteiger partial charge < -0.3 is 4.98 Å². The first-order valence-corrected chi connectivity index (χ1v) is 8.57. The van der Waals surface area contributed by atoms with Crippen molar-refractivity contribution in [2.24, 2.45) is 5.92 Å². The van der Waals surface area contributed by atoms with E-state index in [1.54, 1.807) is 5.56 Å². The van der Waals surface area contributed by atoms with Crippen molar-refractivity contribution in [1.29, 1.82) is 0 Å². The molecule has 1 fully saturated rings. The van der Waals surface area contributed by atoms with Crippen molar-refractivity contribution >= 4 is 10.9 Å². The number of benzene rings is 1. The molecular formula is C19H26N2. The minimum Gasteiger partial charge on any atom is -0.357 e. The van der Waals surface area contributed by atoms with Gasteiger partial charge in [-0.1, -0.05) is 31.5 Å². The van der Waals surface area contributed by atoms with E-state index >= 15 is 0 Å². The number of hydrogen-bond acceptors (Lipinski definition) is 1. The molecule has 0 amide bonds. The van der Waals surface area contributed by atoms with Crippen molar-refractivity contribution in [3.63, 3.8) is 0 Å². The molecular weight excluding hydrogens is 256 g/mol. The molecule has 0 radical (unpaired) electrons. The number of fused-ring (bicyclic) bond motifs is 5. The lowest BCUT2D eigenvalue weighted by atomic mass is 9.79. The zero-order valence-corrected chi connectivity index (χ0v) is 13.3. The molecule has 1 saturated heterocycles. The fourth-order valence-electron chi connectivity index (χ4n) is 4.57. The van der Waals surface area contributed by atoms with Crippen LogP contribution >= 0.6 is 0 Å². The van der Waals surface area contributed by atoms with Crippen molar-refractivity contribution in [2.45, 2.75) is 51.5 Å². The van der Waals surface area contributed by atoms with Gasteiger partial charge in [-0.25, -0.2) is 0 Å². The summed E-state index contributed by atoms with van der Waals surface area (Å²) in [6.45, 7) is 7.35. The Morgan fingerprint density at radius 2 is 2.19 bits per heavy atom. The largest absolute Gasteiger partial charge is 0.357 e. The Morgan fingerprint density at radius 1 is 1.33 bits per heavy atom. The Labute approximate surface area is 127 Å². The number of hydrogen-bond donors (Lipinski definition) is 1. The predicted octanol–water partition coefficient (Wildman–Crippen LogP) is 4.45. The van der Waals surface area contributed by atoms with Gasteiger partial charge in [0, 0.05) is 23.1 Å². The topological polar surface area (TPSA) is 19.0 Å². The maximum atomic E-state index is 3.79. The summed E-state index contributed by atoms with van der Waals surface area (Å²) in [7, 11) is 0. The quantitative estimate of drug-likeness (QED) is 0.818. The van der Waals surface area contributed by atoms with Gasteiger partial charge in [0.25, 0.3) is 0 Å². The molecule has 0 bridgehead atoms. The molecule has 2 heteroatoms. The molecule has 21 heavy (non-hydrogen) atoms. The zero-order valence-electron chi connectivity index (χ0n) is 13.3. The van der Waals surface area contributed by atoms with E-state index in [2.05, 4.69) is 48.0 Å². The van der Waals surface area contributed by atoms with Gasteiger partial charge in [-0.15, -0.1) is 0 Å². The standard InChI is InChI=1S/C19H26N2/c1-3-14-10-11-19(2)18-16(8-6-12-21(19)13-14)15-7-4-5-9-17(15)20-18/h4-5,7,9,14,20H,3,6,8,10-13H2,1-2H3/t14-,19-/m0/s1. The van der Waals surface area contributed by atoms with Gasteiger partial charge in [-0.2, -0.15) is 0 Å². The van der Waals surface area contributed by atoms with E-state index in [1.807, 2.05) is 0 Å². The molecule has 1 aromatic heterocycles. The Balaban J connectivity index is 1.84. The number of rotatable bonds is 1. The van der Waals surface area contributed by atoms with Gasteiger partial charge in [-0.05, 0) is 56.7 Å². The van der Waals surface area contributed by atoms with Crippen LogP contribution in [0.2, 0.25) is 0 Å². The number of aromatic nitrogens is 1. The minimum absolute atomic E-state index is 0.219. The lowest BCUT2D eigenvalue weighted by molar-refractivity contribution is 0.0283. The van der Waals surface area contributed by atoms with Gasteiger partial charge in [0.1, 0.15) is 0 Å². The summed E-state index contributed by atoms with van der Waals surface area (Å²) in [6, 6.07) is 8.85. The lowest BCUT2D eigenvalue weighted by Crippen LogP contribution is -2.50. The Bertz CT molecular complexity index is 657. The highest BCUT2D eigenvalue weighted by Crippen LogP contribution is 2.44. The zero-order chi connectivity index (χ0) is 14.4. The summed E-state index contributed by atoms with van der Waals surface area (Å²) in [6.07, 6.45) is 6.51. The van der Waals surface area contributed by atoms with Crippen LogP contribution in [0.4, 0.5) is 0 Å². The molecule has 0 spiro atoms. The van der Waals surface area contributed by atoms with Crippen molar-refractivity contribution in [1.82, 2.24) is 9.88 Å². The van der Waals surface area contributed by atoms with Crippen LogP contribution in [0, 0.1) is 5.92 Å². The normalized spacial score (nSPS) is 29.9. The summed E-state index contributed by atoms with van der Waals surface area (Å²) in [4.78, 5) is 6.56. The van der Waals surface area contributed by atoms with E-state index in [0.29, 0.717) is 0 Å². The molecule has 2 nitrogen and oxygen atoms in total. The maximum absolute atomic E-state index is 3.79. The average Bonchev–Trinajstić information content (AvgIpc) is 2.82. The van der Waals surface area contributed by atoms with Gasteiger partial charge >= 0.3 is 0 Å². The van der Waals surface area contributed by atoms with Gasteiger partial charge in [0.2, 0.25) is 0 Å². The third-order valence-electron chi connectivity index (χ3n) is 6.00. The number of aromatic amines is 1. The van der Waals surface area contributed by atoms with Crippen LogP contribution in [0.1, 0.15) is 50.8 Å². The molecule has 0 saturated carbocycles. The molecule has 3 heterocycles. The third kappa shape index (κ3) is 1.96. The number of piperidine rings is 1. The Kier molecular flexibility index (Phi) is 3.11. The SMILES string of the molecule is CC[C@H]1CC[C@@]2(C)c3[nH]c4ccccc4c3CCCN2C1. The summed E-state index contributed by atoms with van der Waals surface area (Å²) < 4.78 is 0. The van der Waals surface area contributed by atoms with Crippen LogP contribution < -0.4 is 0 Å². The molecule has 0 aliphatic carbocycles. The van der Waals surface area contributed by atoms with Crippen LogP contribution in [-0.4, -0.2) is 23.0 Å². The highest BCUT2D eigenvalue weighted by molar-refractivity contribution is 5.85. The lowest BCUT2D eigenvalue weighted by Gasteiger charge is -2.46. The predicted molar refractivity (Wildman–Crippen MR) is 88.6 cm³/mol. The molecule has 2 aliphatic rings. The van der Waals surface area contributed by atoms with Crippen LogP contribution in [0.5, 0.6) is 0 Å². The van der Waals surface area contributed by atoms with E-state index in [4.69, 9.17) is 0 Å². The summed E-state index contributed by atoms with van der Waals surface area (Å²) >= 11 is 0. The van der Waals surface area contributed by atoms with E-state index < -0.39 is 0 Å². The monoisotopic (exact) mass is 282 g/mol. The Morgan fingerprint density at radius 3 is 3.05 bits per heavy atom. The summed E-state index contributed by atoms with van der Waals surface area (Å²) in [5.41, 5.74) is 4.64. The maximum Gasteiger partial charge on any atom is 0.0586 e. The second-order valence-electron chi connectivity index (χ2n) is 7.16. The Hall–Kier alpha value is -1.28. The molecule has 1 aromatic carbocycles. The number of aryl methyl sites for hydroxylation is 1. The molecule has 2 aromatic rings. The molecule has 1 N–H and O–H groups in total. The molecule has 112 valence electrons. The summed E-state index contributed by atoms with van der Waals surface area (Å²) in [5.74, 6) is 0.893. The van der Waals surface area contributed by atoms with E-state index in [0.717, 1.165) is 5.92 Å². The molecule has 0 unspecified atom stereocenters. The average molecular weight is 282 g/mol. The number of H-pyrrole nitrogens is 1. The molecule has 2 aliphatic heterocycles. The summed E-state index contributed by atoms with van der Waals surface area (Å²) in [5, 5.41) is 1.45. The van der Waals surface area contributed by atoms with E-state index in [-0.39, 0.29) is 5.54 Å². The van der Waals surface area contributed by atoms with Crippen molar-refractivity contribution in [2.75, 3.05) is 13.1 Å². The third-order valence-corrected chi connectivity index (χ3v) is 6.00. The second kappa shape index (κ2) is 4.88. The fourth-order valence-corrected chi connectivity index (χ4v) is 4.57. The first kappa shape index (κ1) is 13.4. The van der Waals surface area contributed by atoms with Crippen molar-refractivity contribution in [3.05, 3.63) is 35.5 Å². The smallest absolute Gasteiger partial charge is 0.0586 e. The van der Waals surface area contributed by atoms with E-state index in [1.165, 1.54) is 61.8 Å². The van der Waals surface area contributed by atoms with Crippen LogP contribution in [-0.2, 0) is 12.0 Å². The van der Waals surface area contributed by atoms with Gasteiger partial charge in [0.05, 0.1) is 5.54 Å². The second-order valence-corrected chi connectivity index (χ2v) is 7.16. The van der Waals surface area contributed by atoms with Gasteiger partial charge in [0.15, 0.2) is 0 Å². The molecule has 4 rings (SSSR count). The van der Waals surface area contributed by atoms with Crippen LogP contribution in [0.25, 0.3) is 10.9 Å². The number of nitrogens with one attached hydrogen (secondary N) is 1.